The van der Waals surface area contributed by atoms with E-state index in [4.69, 9.17) is 11.6 Å². The second-order valence-corrected chi connectivity index (χ2v) is 5.04. The van der Waals surface area contributed by atoms with Gasteiger partial charge in [0.15, 0.2) is 0 Å². The molecule has 0 aliphatic heterocycles. The maximum absolute atomic E-state index is 5.79. The molecule has 18 heavy (non-hydrogen) atoms. The minimum atomic E-state index is 0.632. The summed E-state index contributed by atoms with van der Waals surface area (Å²) < 4.78 is 0. The van der Waals surface area contributed by atoms with Crippen LogP contribution in [-0.2, 0) is 0 Å². The third-order valence-corrected chi connectivity index (χ3v) is 3.18. The largest absolute Gasteiger partial charge is 0.354 e. The smallest absolute Gasteiger partial charge is 0.223 e. The summed E-state index contributed by atoms with van der Waals surface area (Å²) in [5, 5.41) is 5.50. The Hall–Kier alpha value is -1.33. The fraction of sp³-hybridized carbons (Fsp3) is 0.250. The van der Waals surface area contributed by atoms with Crippen LogP contribution in [0.1, 0.15) is 13.3 Å². The number of hydrogen-bond donors (Lipinski definition) is 1. The van der Waals surface area contributed by atoms with Crippen molar-refractivity contribution in [2.75, 3.05) is 11.9 Å². The lowest BCUT2D eigenvalue weighted by Gasteiger charge is -2.04. The third-order valence-electron chi connectivity index (χ3n) is 2.07. The summed E-state index contributed by atoms with van der Waals surface area (Å²) in [5.74, 6) is 0.649. The summed E-state index contributed by atoms with van der Waals surface area (Å²) in [6, 6.07) is 5.54. The number of rotatable bonds is 5. The number of pyridine rings is 1. The number of nitrogens with zero attached hydrogens (tertiary/aromatic N) is 3. The van der Waals surface area contributed by atoms with Crippen molar-refractivity contribution >= 4 is 29.3 Å². The van der Waals surface area contributed by atoms with Crippen LogP contribution in [0.3, 0.4) is 0 Å². The van der Waals surface area contributed by atoms with Crippen molar-refractivity contribution in [3.8, 4) is 0 Å². The van der Waals surface area contributed by atoms with Crippen molar-refractivity contribution in [1.29, 1.82) is 0 Å². The third kappa shape index (κ3) is 3.85. The van der Waals surface area contributed by atoms with Gasteiger partial charge in [-0.05, 0) is 36.4 Å². The Morgan fingerprint density at radius 2 is 2.11 bits per heavy atom. The molecule has 6 heteroatoms. The van der Waals surface area contributed by atoms with Crippen LogP contribution in [0.5, 0.6) is 0 Å². The molecule has 0 aliphatic rings. The quantitative estimate of drug-likeness (QED) is 0.850. The van der Waals surface area contributed by atoms with Gasteiger partial charge in [0.25, 0.3) is 0 Å². The molecule has 0 radical (unpaired) electrons. The first-order chi connectivity index (χ1) is 8.78. The minimum Gasteiger partial charge on any atom is -0.354 e. The van der Waals surface area contributed by atoms with Crippen molar-refractivity contribution in [2.45, 2.75) is 23.4 Å². The molecule has 0 atom stereocenters. The van der Waals surface area contributed by atoms with Gasteiger partial charge in [-0.15, -0.1) is 0 Å². The van der Waals surface area contributed by atoms with Gasteiger partial charge in [0.1, 0.15) is 10.1 Å². The van der Waals surface area contributed by atoms with Crippen LogP contribution in [0.15, 0.2) is 40.6 Å². The number of nitrogens with one attached hydrogen (secondary N) is 1. The zero-order valence-electron chi connectivity index (χ0n) is 9.93. The Morgan fingerprint density at radius 1 is 1.22 bits per heavy atom. The lowest BCUT2D eigenvalue weighted by molar-refractivity contribution is 0.934. The Labute approximate surface area is 115 Å². The monoisotopic (exact) mass is 280 g/mol. The van der Waals surface area contributed by atoms with Gasteiger partial charge < -0.3 is 5.32 Å². The highest BCUT2D eigenvalue weighted by Gasteiger charge is 2.02. The predicted octanol–water partition coefficient (Wildman–Crippen LogP) is 3.50. The summed E-state index contributed by atoms with van der Waals surface area (Å²) in [6.45, 7) is 2.97. The van der Waals surface area contributed by atoms with Crippen molar-refractivity contribution in [3.63, 3.8) is 0 Å². The van der Waals surface area contributed by atoms with E-state index in [1.54, 1.807) is 12.4 Å². The molecule has 0 amide bonds. The van der Waals surface area contributed by atoms with E-state index < -0.39 is 0 Å². The van der Waals surface area contributed by atoms with Gasteiger partial charge in [0.05, 0.1) is 5.02 Å². The standard InChI is InChI=1S/C12H13ClN4S/c1-2-6-14-12-15-7-5-11(17-12)18-10-4-3-9(13)8-16-10/h3-5,7-8H,2,6H2,1H3,(H,14,15,17). The van der Waals surface area contributed by atoms with Gasteiger partial charge in [-0.2, -0.15) is 0 Å². The van der Waals surface area contributed by atoms with E-state index in [1.165, 1.54) is 11.8 Å². The van der Waals surface area contributed by atoms with Crippen LogP contribution in [0.25, 0.3) is 0 Å². The second-order valence-electron chi connectivity index (χ2n) is 3.56. The molecule has 0 saturated heterocycles. The summed E-state index contributed by atoms with van der Waals surface area (Å²) in [7, 11) is 0. The predicted molar refractivity (Wildman–Crippen MR) is 74.2 cm³/mol. The minimum absolute atomic E-state index is 0.632. The van der Waals surface area contributed by atoms with E-state index in [1.807, 2.05) is 18.2 Å². The zero-order valence-corrected chi connectivity index (χ0v) is 11.5. The summed E-state index contributed by atoms with van der Waals surface area (Å²) in [4.78, 5) is 12.8. The van der Waals surface area contributed by atoms with Crippen LogP contribution in [0, 0.1) is 0 Å². The van der Waals surface area contributed by atoms with E-state index in [9.17, 15) is 0 Å². The Kier molecular flexibility index (Phi) is 4.78. The molecule has 0 spiro atoms. The maximum Gasteiger partial charge on any atom is 0.223 e. The molecule has 2 heterocycles. The Bertz CT molecular complexity index is 504. The van der Waals surface area contributed by atoms with Gasteiger partial charge in [0, 0.05) is 18.9 Å². The Balaban J connectivity index is 2.06. The molecule has 2 aromatic heterocycles. The number of hydrogen-bond acceptors (Lipinski definition) is 5. The highest BCUT2D eigenvalue weighted by Crippen LogP contribution is 2.25. The molecule has 1 N–H and O–H groups in total. The second kappa shape index (κ2) is 6.56. The first kappa shape index (κ1) is 13.1. The normalized spacial score (nSPS) is 10.3. The highest BCUT2D eigenvalue weighted by atomic mass is 35.5. The molecule has 0 bridgehead atoms. The summed E-state index contributed by atoms with van der Waals surface area (Å²) in [5.41, 5.74) is 0. The van der Waals surface area contributed by atoms with Gasteiger partial charge in [0.2, 0.25) is 5.95 Å². The van der Waals surface area contributed by atoms with Crippen molar-refractivity contribution < 1.29 is 0 Å². The highest BCUT2D eigenvalue weighted by molar-refractivity contribution is 7.99. The van der Waals surface area contributed by atoms with E-state index in [0.29, 0.717) is 11.0 Å². The van der Waals surface area contributed by atoms with Gasteiger partial charge >= 0.3 is 0 Å². The molecule has 0 aromatic carbocycles. The molecular weight excluding hydrogens is 268 g/mol. The fourth-order valence-corrected chi connectivity index (χ4v) is 2.08. The SMILES string of the molecule is CCCNc1nccc(Sc2ccc(Cl)cn2)n1. The zero-order chi connectivity index (χ0) is 12.8. The first-order valence-corrected chi connectivity index (χ1v) is 6.83. The van der Waals surface area contributed by atoms with Crippen LogP contribution >= 0.6 is 23.4 Å². The van der Waals surface area contributed by atoms with E-state index >= 15 is 0 Å². The molecule has 0 fully saturated rings. The molecule has 0 unspecified atom stereocenters. The number of halogens is 1. The summed E-state index contributed by atoms with van der Waals surface area (Å²) in [6.07, 6.45) is 4.41. The molecule has 4 nitrogen and oxygen atoms in total. The van der Waals surface area contributed by atoms with Crippen LogP contribution in [0.4, 0.5) is 5.95 Å². The van der Waals surface area contributed by atoms with Crippen molar-refractivity contribution in [2.24, 2.45) is 0 Å². The number of anilines is 1. The lowest BCUT2D eigenvalue weighted by Crippen LogP contribution is -2.04. The lowest BCUT2D eigenvalue weighted by atomic mass is 10.5. The topological polar surface area (TPSA) is 50.7 Å². The van der Waals surface area contributed by atoms with Crippen LogP contribution < -0.4 is 5.32 Å². The van der Waals surface area contributed by atoms with Crippen molar-refractivity contribution in [1.82, 2.24) is 15.0 Å². The summed E-state index contributed by atoms with van der Waals surface area (Å²) >= 11 is 7.27. The molecular formula is C12H13ClN4S. The Morgan fingerprint density at radius 3 is 2.83 bits per heavy atom. The molecule has 0 aliphatic carbocycles. The fourth-order valence-electron chi connectivity index (χ4n) is 1.25. The van der Waals surface area contributed by atoms with E-state index in [0.717, 1.165) is 23.0 Å². The van der Waals surface area contributed by atoms with Crippen LogP contribution in [-0.4, -0.2) is 21.5 Å². The van der Waals surface area contributed by atoms with Gasteiger partial charge in [-0.25, -0.2) is 15.0 Å². The van der Waals surface area contributed by atoms with Gasteiger partial charge in [-0.1, -0.05) is 18.5 Å². The number of aromatic nitrogens is 3. The van der Waals surface area contributed by atoms with Crippen molar-refractivity contribution in [3.05, 3.63) is 35.6 Å². The van der Waals surface area contributed by atoms with Crippen LogP contribution in [0.2, 0.25) is 5.02 Å². The molecule has 2 rings (SSSR count). The van der Waals surface area contributed by atoms with Gasteiger partial charge in [-0.3, -0.25) is 0 Å². The average molecular weight is 281 g/mol. The molecule has 0 saturated carbocycles. The maximum atomic E-state index is 5.79. The van der Waals surface area contributed by atoms with E-state index in [2.05, 4.69) is 27.2 Å². The first-order valence-electron chi connectivity index (χ1n) is 5.64. The molecule has 94 valence electrons. The van der Waals surface area contributed by atoms with E-state index in [-0.39, 0.29) is 0 Å². The average Bonchev–Trinajstić information content (AvgIpc) is 2.40. The molecule has 2 aromatic rings.